The van der Waals surface area contributed by atoms with Gasteiger partial charge < -0.3 is 30.6 Å². The van der Waals surface area contributed by atoms with Gasteiger partial charge in [0.15, 0.2) is 17.2 Å². The number of carboxylic acid groups (broad SMARTS) is 1. The minimum Gasteiger partial charge on any atom is -0.872 e. The summed E-state index contributed by atoms with van der Waals surface area (Å²) in [4.78, 5) is 15.0. The Morgan fingerprint density at radius 2 is 1.05 bits per heavy atom. The number of rotatable bonds is 12. The average molecular weight is 846 g/mol. The minimum absolute atomic E-state index is 0. The number of aromatic carboxylic acids is 1. The molecule has 0 aromatic heterocycles. The van der Waals surface area contributed by atoms with E-state index in [2.05, 4.69) is 45.9 Å². The molecule has 0 bridgehead atoms. The maximum atomic E-state index is 12.5. The van der Waals surface area contributed by atoms with E-state index in [1.165, 1.54) is 42.5 Å². The van der Waals surface area contributed by atoms with Gasteiger partial charge in [0.05, 0.1) is 50.3 Å². The van der Waals surface area contributed by atoms with Crippen LogP contribution >= 0.6 is 0 Å². The summed E-state index contributed by atoms with van der Waals surface area (Å²) in [6.07, 6.45) is 0. The predicted octanol–water partition coefficient (Wildman–Crippen LogP) is 3.50. The van der Waals surface area contributed by atoms with Crippen molar-refractivity contribution in [2.75, 3.05) is 0 Å². The Balaban J connectivity index is 0.00000397. The predicted molar refractivity (Wildman–Crippen MR) is 203 cm³/mol. The van der Waals surface area contributed by atoms with Gasteiger partial charge in [0, 0.05) is 5.56 Å². The third-order valence-corrected chi connectivity index (χ3v) is 8.51. The molecule has 6 rings (SSSR count). The van der Waals surface area contributed by atoms with Crippen LogP contribution in [0.4, 0.5) is 51.2 Å². The van der Waals surface area contributed by atoms with Gasteiger partial charge in [-0.2, -0.15) is 39.1 Å². The van der Waals surface area contributed by atoms with E-state index < -0.39 is 44.6 Å². The summed E-state index contributed by atoms with van der Waals surface area (Å²) in [6.45, 7) is 0. The molecule has 0 saturated carbocycles. The molecule has 0 aliphatic carbocycles. The Hall–Kier alpha value is -6.23. The molecule has 19 nitrogen and oxygen atoms in total. The zero-order chi connectivity index (χ0) is 41.4. The van der Waals surface area contributed by atoms with Crippen molar-refractivity contribution in [1.29, 1.82) is 0 Å². The molecule has 6 aromatic carbocycles. The number of aliphatic hydroxyl groups excluding tert-OH is 1. The van der Waals surface area contributed by atoms with E-state index in [0.29, 0.717) is 22.6 Å². The fourth-order valence-corrected chi connectivity index (χ4v) is 5.26. The number of aromatic hydroxyl groups is 2. The van der Waals surface area contributed by atoms with Crippen molar-refractivity contribution in [3.8, 4) is 23.0 Å². The van der Waals surface area contributed by atoms with Crippen LogP contribution in [-0.4, -0.2) is 45.3 Å². The van der Waals surface area contributed by atoms with Crippen LogP contribution in [0, 0.1) is 0 Å². The SMILES string of the molecule is O=C(O)c1cc(N=Nc2ccc(C(O)=Nc3ccc(N=Nc4ccc(O)c(O)c4N=Nc4cc(N=Nc5cccc(S(=O)(=O)O)c5)ccc4[O-])cc3)cc2)ccc1[O-].[Na+].[Na+]. The van der Waals surface area contributed by atoms with E-state index in [-0.39, 0.29) is 104 Å². The number of carboxylic acids is 1. The van der Waals surface area contributed by atoms with Gasteiger partial charge in [-0.3, -0.25) is 4.55 Å². The van der Waals surface area contributed by atoms with E-state index in [1.807, 2.05) is 0 Å². The summed E-state index contributed by atoms with van der Waals surface area (Å²) in [5.41, 5.74) is 0.821. The van der Waals surface area contributed by atoms with Crippen molar-refractivity contribution < 1.29 is 108 Å². The molecule has 0 saturated heterocycles. The topological polar surface area (TPSA) is 310 Å². The molecule has 0 unspecified atom stereocenters. The quantitative estimate of drug-likeness (QED) is 0.0298. The van der Waals surface area contributed by atoms with Gasteiger partial charge in [0.2, 0.25) is 5.90 Å². The van der Waals surface area contributed by atoms with Crippen molar-refractivity contribution >= 4 is 73.2 Å². The molecule has 0 amide bonds. The van der Waals surface area contributed by atoms with Gasteiger partial charge in [-0.05, 0) is 103 Å². The summed E-state index contributed by atoms with van der Waals surface area (Å²) >= 11 is 0. The van der Waals surface area contributed by atoms with Gasteiger partial charge in [-0.25, -0.2) is 9.79 Å². The van der Waals surface area contributed by atoms with Crippen LogP contribution in [0.15, 0.2) is 172 Å². The smallest absolute Gasteiger partial charge is 0.872 e. The molecule has 0 aliphatic heterocycles. The fourth-order valence-electron chi connectivity index (χ4n) is 4.74. The molecule has 290 valence electrons. The second kappa shape index (κ2) is 20.6. The molecule has 0 radical (unpaired) electrons. The van der Waals surface area contributed by atoms with E-state index in [0.717, 1.165) is 30.3 Å². The standard InChI is InChI=1S/C38H27N9O10S.2Na/c48-32-15-12-26(19-29(32)38(53)54)43-40-23-6-4-21(5-7-23)37(52)39-22-8-10-24(11-9-22)41-45-30-14-17-34(50)36(51)35(30)47-46-31-20-27(13-16-33(31)49)44-42-25-2-1-3-28(18-25)58(55,56)57;;/h1-20,48-51H,(H,39,52)(H,53,54)(H,55,56,57);;/q;2*+1/p-2. The molecule has 0 atom stereocenters. The van der Waals surface area contributed by atoms with Gasteiger partial charge in [-0.15, -0.1) is 10.2 Å². The number of hydrogen-bond donors (Lipinski definition) is 5. The number of aliphatic imine (C=N–C) groups is 1. The van der Waals surface area contributed by atoms with Crippen LogP contribution in [0.25, 0.3) is 0 Å². The van der Waals surface area contributed by atoms with Crippen LogP contribution in [-0.2, 0) is 10.1 Å². The van der Waals surface area contributed by atoms with Crippen molar-refractivity contribution in [2.45, 2.75) is 4.90 Å². The molecule has 0 heterocycles. The Labute approximate surface area is 384 Å². The number of aliphatic hydroxyl groups is 1. The second-order valence-electron chi connectivity index (χ2n) is 11.7. The number of phenols is 2. The first-order valence-electron chi connectivity index (χ1n) is 16.4. The van der Waals surface area contributed by atoms with E-state index in [4.69, 9.17) is 5.11 Å². The minimum atomic E-state index is -4.46. The van der Waals surface area contributed by atoms with Crippen molar-refractivity contribution in [2.24, 2.45) is 45.9 Å². The number of azo groups is 4. The summed E-state index contributed by atoms with van der Waals surface area (Å²) in [6, 6.07) is 27.1. The zero-order valence-corrected chi connectivity index (χ0v) is 36.1. The number of phenolic OH excluding ortho intramolecular Hbond substituents is 2. The number of hydrogen-bond acceptors (Lipinski definition) is 16. The van der Waals surface area contributed by atoms with Crippen LogP contribution < -0.4 is 69.3 Å². The molecular weight excluding hydrogens is 821 g/mol. The van der Waals surface area contributed by atoms with E-state index in [1.54, 1.807) is 48.5 Å². The van der Waals surface area contributed by atoms with Gasteiger partial charge in [-0.1, -0.05) is 29.7 Å². The maximum Gasteiger partial charge on any atom is 1.00 e. The Morgan fingerprint density at radius 1 is 0.533 bits per heavy atom. The van der Waals surface area contributed by atoms with Crippen LogP contribution in [0.1, 0.15) is 15.9 Å². The Kier molecular flexibility index (Phi) is 16.0. The van der Waals surface area contributed by atoms with Crippen molar-refractivity contribution in [3.05, 3.63) is 132 Å². The summed E-state index contributed by atoms with van der Waals surface area (Å²) in [7, 11) is -4.46. The number of benzene rings is 6. The summed E-state index contributed by atoms with van der Waals surface area (Å²) in [5.74, 6) is -4.14. The normalized spacial score (nSPS) is 11.9. The van der Waals surface area contributed by atoms with Gasteiger partial charge in [0.25, 0.3) is 10.1 Å². The monoisotopic (exact) mass is 845 g/mol. The van der Waals surface area contributed by atoms with Crippen LogP contribution in [0.2, 0.25) is 0 Å². The first-order valence-corrected chi connectivity index (χ1v) is 17.8. The van der Waals surface area contributed by atoms with Crippen molar-refractivity contribution in [3.63, 3.8) is 0 Å². The fraction of sp³-hybridized carbons (Fsp3) is 0. The Morgan fingerprint density at radius 3 is 1.68 bits per heavy atom. The number of nitrogens with zero attached hydrogens (tertiary/aromatic N) is 9. The van der Waals surface area contributed by atoms with Crippen LogP contribution in [0.3, 0.4) is 0 Å². The molecule has 22 heteroatoms. The van der Waals surface area contributed by atoms with Crippen LogP contribution in [0.5, 0.6) is 23.0 Å². The molecular formula is C38H25N9Na2O10S. The summed E-state index contributed by atoms with van der Waals surface area (Å²) in [5, 5.41) is 96.5. The second-order valence-corrected chi connectivity index (χ2v) is 13.1. The van der Waals surface area contributed by atoms with Crippen molar-refractivity contribution in [1.82, 2.24) is 0 Å². The maximum absolute atomic E-state index is 12.5. The third-order valence-electron chi connectivity index (χ3n) is 7.66. The van der Waals surface area contributed by atoms with E-state index in [9.17, 15) is 43.3 Å². The molecule has 0 spiro atoms. The van der Waals surface area contributed by atoms with E-state index >= 15 is 0 Å². The molecule has 5 N–H and O–H groups in total. The largest absolute Gasteiger partial charge is 1.00 e. The zero-order valence-electron chi connectivity index (χ0n) is 31.3. The van der Waals surface area contributed by atoms with Gasteiger partial charge >= 0.3 is 65.1 Å². The summed E-state index contributed by atoms with van der Waals surface area (Å²) < 4.78 is 32.1. The first kappa shape index (κ1) is 46.5. The molecule has 0 fully saturated rings. The third kappa shape index (κ3) is 12.2. The number of carbonyl (C=O) groups is 1. The molecule has 60 heavy (non-hydrogen) atoms. The molecule has 6 aromatic rings. The first-order chi connectivity index (χ1) is 27.7. The molecule has 0 aliphatic rings. The van der Waals surface area contributed by atoms with Gasteiger partial charge in [0.1, 0.15) is 5.69 Å². The Bertz CT molecular complexity index is 2800. The average Bonchev–Trinajstić information content (AvgIpc) is 3.21.